The number of nitrogens with zero attached hydrogens (tertiary/aromatic N) is 1. The molecule has 0 fully saturated rings. The number of aliphatic hydroxyl groups excluding tert-OH is 1. The third-order valence-electron chi connectivity index (χ3n) is 3.42. The largest absolute Gasteiger partial charge is 0.382 e. The molecule has 0 aliphatic heterocycles. The minimum Gasteiger partial charge on any atom is -0.382 e. The molecule has 0 spiro atoms. The summed E-state index contributed by atoms with van der Waals surface area (Å²) in [6.45, 7) is 1.31. The molecular weight excluding hydrogens is 300 g/mol. The van der Waals surface area contributed by atoms with Gasteiger partial charge in [-0.1, -0.05) is 12.1 Å². The van der Waals surface area contributed by atoms with E-state index in [0.717, 1.165) is 6.54 Å². The van der Waals surface area contributed by atoms with Crippen LogP contribution in [0.5, 0.6) is 0 Å². The lowest BCUT2D eigenvalue weighted by atomic mass is 10.1. The first-order chi connectivity index (χ1) is 10.6. The fraction of sp³-hybridized carbons (Fsp3) is 0.250. The summed E-state index contributed by atoms with van der Waals surface area (Å²) < 4.78 is 0. The molecule has 0 radical (unpaired) electrons. The quantitative estimate of drug-likeness (QED) is 0.465. The molecule has 0 amide bonds. The fourth-order valence-corrected chi connectivity index (χ4v) is 2.53. The summed E-state index contributed by atoms with van der Waals surface area (Å²) in [5.74, 6) is 0. The average molecular weight is 319 g/mol. The summed E-state index contributed by atoms with van der Waals surface area (Å²) in [6, 6.07) is 14.4. The number of aliphatic hydroxyl groups is 1. The van der Waals surface area contributed by atoms with Crippen LogP contribution in [0, 0.1) is 10.1 Å². The summed E-state index contributed by atoms with van der Waals surface area (Å²) >= 11 is 1.71. The van der Waals surface area contributed by atoms with E-state index in [-0.39, 0.29) is 5.69 Å². The van der Waals surface area contributed by atoms with Crippen LogP contribution in [-0.4, -0.2) is 22.8 Å². The van der Waals surface area contributed by atoms with E-state index in [9.17, 15) is 15.2 Å². The van der Waals surface area contributed by atoms with Gasteiger partial charge in [0.2, 0.25) is 0 Å². The summed E-state index contributed by atoms with van der Waals surface area (Å²) in [6.07, 6.45) is 1.41. The Morgan fingerprint density at radius 2 is 1.82 bits per heavy atom. The second-order valence-corrected chi connectivity index (χ2v) is 5.82. The van der Waals surface area contributed by atoms with E-state index in [4.69, 9.17) is 0 Å². The van der Waals surface area contributed by atoms with Gasteiger partial charge in [-0.25, -0.2) is 0 Å². The van der Waals surface area contributed by atoms with Crippen molar-refractivity contribution >= 4 is 17.4 Å². The van der Waals surface area contributed by atoms with Gasteiger partial charge in [0.25, 0.3) is 5.69 Å². The predicted octanol–water partition coefficient (Wildman–Crippen LogP) is 2.11. The molecule has 1 atom stereocenters. The lowest BCUT2D eigenvalue weighted by molar-refractivity contribution is -0.677. The van der Waals surface area contributed by atoms with E-state index < -0.39 is 11.0 Å². The van der Waals surface area contributed by atoms with Crippen LogP contribution in [-0.2, 0) is 6.54 Å². The Labute approximate surface area is 133 Å². The van der Waals surface area contributed by atoms with Gasteiger partial charge in [0, 0.05) is 22.6 Å². The molecule has 0 bridgehead atoms. The molecule has 0 saturated heterocycles. The molecule has 116 valence electrons. The Hall–Kier alpha value is -1.89. The zero-order chi connectivity index (χ0) is 15.9. The lowest BCUT2D eigenvalue weighted by Crippen LogP contribution is -2.83. The molecule has 6 heteroatoms. The molecular formula is C16H19N2O3S+. The zero-order valence-electron chi connectivity index (χ0n) is 12.3. The van der Waals surface area contributed by atoms with Gasteiger partial charge in [-0.2, -0.15) is 0 Å². The number of thioether (sulfide) groups is 1. The Kier molecular flexibility index (Phi) is 5.94. The Morgan fingerprint density at radius 1 is 1.18 bits per heavy atom. The third kappa shape index (κ3) is 4.56. The van der Waals surface area contributed by atoms with Crippen LogP contribution >= 0.6 is 11.8 Å². The SMILES string of the molecule is CSc1ccc(C[NH2+]C[C@@H](O)c2ccc([N+](=O)[O-])cc2)cc1. The maximum absolute atomic E-state index is 10.6. The highest BCUT2D eigenvalue weighted by Gasteiger charge is 2.12. The van der Waals surface area contributed by atoms with Crippen molar-refractivity contribution in [3.05, 3.63) is 69.8 Å². The molecule has 0 saturated carbocycles. The topological polar surface area (TPSA) is 80.0 Å². The van der Waals surface area contributed by atoms with E-state index in [2.05, 4.69) is 24.3 Å². The van der Waals surface area contributed by atoms with Crippen LogP contribution in [0.15, 0.2) is 53.4 Å². The standard InChI is InChI=1S/C16H18N2O3S/c1-22-15-8-2-12(3-9-15)10-17-11-16(19)13-4-6-14(7-5-13)18(20)21/h2-9,16-17,19H,10-11H2,1H3/p+1/t16-/m1/s1. The first-order valence-corrected chi connectivity index (χ1v) is 8.19. The van der Waals surface area contributed by atoms with Gasteiger partial charge in [-0.05, 0) is 36.1 Å². The van der Waals surface area contributed by atoms with Crippen molar-refractivity contribution < 1.29 is 15.3 Å². The summed E-state index contributed by atoms with van der Waals surface area (Å²) in [4.78, 5) is 11.4. The smallest absolute Gasteiger partial charge is 0.269 e. The molecule has 22 heavy (non-hydrogen) atoms. The molecule has 0 aliphatic rings. The van der Waals surface area contributed by atoms with E-state index >= 15 is 0 Å². The Bertz CT molecular complexity index is 614. The number of nitrogens with two attached hydrogens (primary N) is 1. The van der Waals surface area contributed by atoms with Gasteiger partial charge < -0.3 is 10.4 Å². The van der Waals surface area contributed by atoms with Crippen LogP contribution in [0.2, 0.25) is 0 Å². The fourth-order valence-electron chi connectivity index (χ4n) is 2.12. The molecule has 2 rings (SSSR count). The third-order valence-corrected chi connectivity index (χ3v) is 4.16. The maximum Gasteiger partial charge on any atom is 0.269 e. The molecule has 0 aliphatic carbocycles. The van der Waals surface area contributed by atoms with Crippen LogP contribution in [0.4, 0.5) is 5.69 Å². The van der Waals surface area contributed by atoms with Crippen molar-refractivity contribution in [1.29, 1.82) is 0 Å². The minimum atomic E-state index is -0.633. The zero-order valence-corrected chi connectivity index (χ0v) is 13.1. The van der Waals surface area contributed by atoms with Gasteiger partial charge in [0.15, 0.2) is 0 Å². The highest BCUT2D eigenvalue weighted by atomic mass is 32.2. The monoisotopic (exact) mass is 319 g/mol. The van der Waals surface area contributed by atoms with Gasteiger partial charge >= 0.3 is 0 Å². The number of hydrogen-bond donors (Lipinski definition) is 2. The number of benzene rings is 2. The van der Waals surface area contributed by atoms with Crippen molar-refractivity contribution in [2.24, 2.45) is 0 Å². The van der Waals surface area contributed by atoms with Gasteiger partial charge in [-0.3, -0.25) is 10.1 Å². The summed E-state index contributed by atoms with van der Waals surface area (Å²) in [5, 5.41) is 22.7. The van der Waals surface area contributed by atoms with E-state index in [1.54, 1.807) is 23.9 Å². The second-order valence-electron chi connectivity index (χ2n) is 4.94. The normalized spacial score (nSPS) is 12.1. The van der Waals surface area contributed by atoms with E-state index in [1.807, 2.05) is 11.6 Å². The predicted molar refractivity (Wildman–Crippen MR) is 86.8 cm³/mol. The van der Waals surface area contributed by atoms with Gasteiger partial charge in [0.1, 0.15) is 19.2 Å². The number of nitro groups is 1. The number of rotatable bonds is 7. The Balaban J connectivity index is 1.83. The van der Waals surface area contributed by atoms with Gasteiger partial charge in [-0.15, -0.1) is 11.8 Å². The minimum absolute atomic E-state index is 0.0359. The molecule has 2 aromatic rings. The molecule has 0 unspecified atom stereocenters. The van der Waals surface area contributed by atoms with Crippen LogP contribution in [0.1, 0.15) is 17.2 Å². The summed E-state index contributed by atoms with van der Waals surface area (Å²) in [7, 11) is 0. The first-order valence-electron chi connectivity index (χ1n) is 6.97. The van der Waals surface area contributed by atoms with Crippen LogP contribution in [0.25, 0.3) is 0 Å². The van der Waals surface area contributed by atoms with Crippen molar-refractivity contribution in [3.63, 3.8) is 0 Å². The maximum atomic E-state index is 10.6. The molecule has 2 aromatic carbocycles. The number of hydrogen-bond acceptors (Lipinski definition) is 4. The molecule has 3 N–H and O–H groups in total. The van der Waals surface area contributed by atoms with E-state index in [1.165, 1.54) is 22.6 Å². The summed E-state index contributed by atoms with van der Waals surface area (Å²) in [5.41, 5.74) is 1.93. The first kappa shape index (κ1) is 16.5. The number of non-ortho nitro benzene ring substituents is 1. The van der Waals surface area contributed by atoms with Crippen molar-refractivity contribution in [1.82, 2.24) is 0 Å². The molecule has 5 nitrogen and oxygen atoms in total. The number of nitro benzene ring substituents is 1. The molecule has 0 heterocycles. The van der Waals surface area contributed by atoms with Crippen LogP contribution < -0.4 is 5.32 Å². The van der Waals surface area contributed by atoms with Crippen molar-refractivity contribution in [2.75, 3.05) is 12.8 Å². The lowest BCUT2D eigenvalue weighted by Gasteiger charge is -2.10. The van der Waals surface area contributed by atoms with E-state index in [0.29, 0.717) is 12.1 Å². The second kappa shape index (κ2) is 7.93. The molecule has 0 aromatic heterocycles. The number of quaternary nitrogens is 1. The highest BCUT2D eigenvalue weighted by Crippen LogP contribution is 2.17. The van der Waals surface area contributed by atoms with Crippen LogP contribution in [0.3, 0.4) is 0 Å². The van der Waals surface area contributed by atoms with Crippen molar-refractivity contribution in [2.45, 2.75) is 17.5 Å². The average Bonchev–Trinajstić information content (AvgIpc) is 2.55. The van der Waals surface area contributed by atoms with Crippen molar-refractivity contribution in [3.8, 4) is 0 Å². The Morgan fingerprint density at radius 3 is 2.36 bits per heavy atom. The van der Waals surface area contributed by atoms with Gasteiger partial charge in [0.05, 0.1) is 4.92 Å². The highest BCUT2D eigenvalue weighted by molar-refractivity contribution is 7.98.